The molecular formula is C7H12O3. The number of rotatable bonds is 2. The third-order valence-electron chi connectivity index (χ3n) is 1.08. The summed E-state index contributed by atoms with van der Waals surface area (Å²) in [6.07, 6.45) is 1.24. The molecule has 0 unspecified atom stereocenters. The van der Waals surface area contributed by atoms with Gasteiger partial charge >= 0.3 is 6.16 Å². The highest BCUT2D eigenvalue weighted by atomic mass is 16.7. The average molecular weight is 144 g/mol. The third-order valence-corrected chi connectivity index (χ3v) is 1.08. The molecule has 3 nitrogen and oxygen atoms in total. The van der Waals surface area contributed by atoms with E-state index in [2.05, 4.69) is 9.47 Å². The summed E-state index contributed by atoms with van der Waals surface area (Å²) in [4.78, 5) is 10.4. The largest absolute Gasteiger partial charge is 0.508 e. The molecule has 0 amide bonds. The van der Waals surface area contributed by atoms with Crippen LogP contribution in [0.2, 0.25) is 0 Å². The molecule has 0 heterocycles. The standard InChI is InChI=1S/C7H12O3/c1-4-6(2)5-10-7(8)9-3/h4H,5H2,1-3H3. The quantitative estimate of drug-likeness (QED) is 0.437. The highest BCUT2D eigenvalue weighted by Gasteiger charge is 1.98. The number of hydrogen-bond acceptors (Lipinski definition) is 3. The van der Waals surface area contributed by atoms with Gasteiger partial charge in [0.1, 0.15) is 6.61 Å². The number of carbonyl (C=O) groups is 1. The number of carbonyl (C=O) groups excluding carboxylic acids is 1. The van der Waals surface area contributed by atoms with E-state index in [0.29, 0.717) is 6.61 Å². The first-order valence-electron chi connectivity index (χ1n) is 3.03. The Morgan fingerprint density at radius 2 is 2.20 bits per heavy atom. The van der Waals surface area contributed by atoms with E-state index in [1.807, 2.05) is 19.9 Å². The predicted molar refractivity (Wildman–Crippen MR) is 37.8 cm³/mol. The molecule has 0 saturated carbocycles. The Morgan fingerprint density at radius 3 is 2.60 bits per heavy atom. The van der Waals surface area contributed by atoms with E-state index in [9.17, 15) is 4.79 Å². The van der Waals surface area contributed by atoms with Crippen molar-refractivity contribution in [3.63, 3.8) is 0 Å². The van der Waals surface area contributed by atoms with E-state index >= 15 is 0 Å². The van der Waals surface area contributed by atoms with Crippen LogP contribution in [0.15, 0.2) is 11.6 Å². The molecule has 0 aromatic heterocycles. The molecular weight excluding hydrogens is 132 g/mol. The van der Waals surface area contributed by atoms with E-state index < -0.39 is 6.16 Å². The third kappa shape index (κ3) is 3.95. The van der Waals surface area contributed by atoms with E-state index in [1.165, 1.54) is 7.11 Å². The van der Waals surface area contributed by atoms with Crippen molar-refractivity contribution in [3.8, 4) is 0 Å². The van der Waals surface area contributed by atoms with E-state index in [0.717, 1.165) is 5.57 Å². The fraction of sp³-hybridized carbons (Fsp3) is 0.571. The topological polar surface area (TPSA) is 35.5 Å². The highest BCUT2D eigenvalue weighted by molar-refractivity contribution is 5.59. The number of ether oxygens (including phenoxy) is 2. The second-order valence-corrected chi connectivity index (χ2v) is 1.88. The summed E-state index contributed by atoms with van der Waals surface area (Å²) in [5, 5.41) is 0. The molecule has 0 aliphatic carbocycles. The van der Waals surface area contributed by atoms with Crippen molar-refractivity contribution in [3.05, 3.63) is 11.6 Å². The molecule has 0 bridgehead atoms. The van der Waals surface area contributed by atoms with Crippen LogP contribution in [0, 0.1) is 0 Å². The van der Waals surface area contributed by atoms with Crippen LogP contribution in [0.1, 0.15) is 13.8 Å². The molecule has 0 fully saturated rings. The van der Waals surface area contributed by atoms with E-state index in [-0.39, 0.29) is 0 Å². The lowest BCUT2D eigenvalue weighted by Crippen LogP contribution is -2.05. The van der Waals surface area contributed by atoms with Crippen molar-refractivity contribution in [2.45, 2.75) is 13.8 Å². The Balaban J connectivity index is 3.45. The number of hydrogen-bond donors (Lipinski definition) is 0. The van der Waals surface area contributed by atoms with Gasteiger partial charge in [0.05, 0.1) is 7.11 Å². The van der Waals surface area contributed by atoms with Gasteiger partial charge in [-0.25, -0.2) is 4.79 Å². The zero-order valence-electron chi connectivity index (χ0n) is 6.51. The summed E-state index contributed by atoms with van der Waals surface area (Å²) in [6.45, 7) is 4.07. The monoisotopic (exact) mass is 144 g/mol. The van der Waals surface area contributed by atoms with Gasteiger partial charge in [0.25, 0.3) is 0 Å². The van der Waals surface area contributed by atoms with Gasteiger partial charge in [-0.2, -0.15) is 0 Å². The predicted octanol–water partition coefficient (Wildman–Crippen LogP) is 1.74. The first-order chi connectivity index (χ1) is 4.70. The molecule has 0 rings (SSSR count). The van der Waals surface area contributed by atoms with Crippen molar-refractivity contribution in [1.29, 1.82) is 0 Å². The maximum absolute atomic E-state index is 10.4. The Labute approximate surface area is 60.6 Å². The van der Waals surface area contributed by atoms with Crippen molar-refractivity contribution in [2.24, 2.45) is 0 Å². The fourth-order valence-corrected chi connectivity index (χ4v) is 0.315. The van der Waals surface area contributed by atoms with Crippen LogP contribution in [-0.4, -0.2) is 19.9 Å². The van der Waals surface area contributed by atoms with Crippen molar-refractivity contribution >= 4 is 6.16 Å². The maximum atomic E-state index is 10.4. The average Bonchev–Trinajstić information content (AvgIpc) is 1.99. The lowest BCUT2D eigenvalue weighted by molar-refractivity contribution is 0.0798. The van der Waals surface area contributed by atoms with E-state index in [4.69, 9.17) is 0 Å². The molecule has 58 valence electrons. The first-order valence-corrected chi connectivity index (χ1v) is 3.03. The summed E-state index contributed by atoms with van der Waals surface area (Å²) in [7, 11) is 1.29. The van der Waals surface area contributed by atoms with Crippen molar-refractivity contribution in [1.82, 2.24) is 0 Å². The molecule has 0 aliphatic heterocycles. The minimum atomic E-state index is -0.638. The van der Waals surface area contributed by atoms with Crippen LogP contribution in [0.25, 0.3) is 0 Å². The minimum Gasteiger partial charge on any atom is -0.438 e. The van der Waals surface area contributed by atoms with Crippen LogP contribution in [0.5, 0.6) is 0 Å². The Hall–Kier alpha value is -0.990. The lowest BCUT2D eigenvalue weighted by Gasteiger charge is -2.01. The summed E-state index contributed by atoms with van der Waals surface area (Å²) in [5.74, 6) is 0. The van der Waals surface area contributed by atoms with Gasteiger partial charge in [0, 0.05) is 0 Å². The fourth-order valence-electron chi connectivity index (χ4n) is 0.315. The van der Waals surface area contributed by atoms with Crippen LogP contribution in [0.4, 0.5) is 4.79 Å². The first kappa shape index (κ1) is 9.01. The molecule has 0 saturated heterocycles. The van der Waals surface area contributed by atoms with Gasteiger partial charge in [-0.05, 0) is 19.4 Å². The molecule has 0 aromatic rings. The second kappa shape index (κ2) is 4.85. The molecule has 0 atom stereocenters. The SMILES string of the molecule is CC=C(C)COC(=O)OC. The highest BCUT2D eigenvalue weighted by Crippen LogP contribution is 1.93. The maximum Gasteiger partial charge on any atom is 0.508 e. The van der Waals surface area contributed by atoms with Gasteiger partial charge in [-0.1, -0.05) is 6.08 Å². The Morgan fingerprint density at radius 1 is 1.60 bits per heavy atom. The van der Waals surface area contributed by atoms with Crippen molar-refractivity contribution < 1.29 is 14.3 Å². The van der Waals surface area contributed by atoms with Gasteiger partial charge < -0.3 is 9.47 Å². The normalized spacial score (nSPS) is 10.9. The molecule has 0 radical (unpaired) electrons. The second-order valence-electron chi connectivity index (χ2n) is 1.88. The van der Waals surface area contributed by atoms with Gasteiger partial charge in [-0.15, -0.1) is 0 Å². The minimum absolute atomic E-state index is 0.309. The zero-order chi connectivity index (χ0) is 7.98. The lowest BCUT2D eigenvalue weighted by atomic mass is 10.3. The Kier molecular flexibility index (Phi) is 4.37. The van der Waals surface area contributed by atoms with Crippen LogP contribution in [-0.2, 0) is 9.47 Å². The summed E-state index contributed by atoms with van der Waals surface area (Å²) in [5.41, 5.74) is 1.00. The summed E-state index contributed by atoms with van der Waals surface area (Å²) < 4.78 is 8.87. The van der Waals surface area contributed by atoms with Crippen molar-refractivity contribution in [2.75, 3.05) is 13.7 Å². The molecule has 0 spiro atoms. The molecule has 3 heteroatoms. The van der Waals surface area contributed by atoms with Gasteiger partial charge in [-0.3, -0.25) is 0 Å². The smallest absolute Gasteiger partial charge is 0.438 e. The molecule has 10 heavy (non-hydrogen) atoms. The zero-order valence-corrected chi connectivity index (χ0v) is 6.51. The molecule has 0 aliphatic rings. The Bertz CT molecular complexity index is 138. The number of allylic oxidation sites excluding steroid dienone is 1. The van der Waals surface area contributed by atoms with Gasteiger partial charge in [0.2, 0.25) is 0 Å². The van der Waals surface area contributed by atoms with Crippen LogP contribution >= 0.6 is 0 Å². The van der Waals surface area contributed by atoms with Crippen LogP contribution in [0.3, 0.4) is 0 Å². The summed E-state index contributed by atoms with van der Waals surface area (Å²) >= 11 is 0. The molecule has 0 aromatic carbocycles. The van der Waals surface area contributed by atoms with Crippen LogP contribution < -0.4 is 0 Å². The summed E-state index contributed by atoms with van der Waals surface area (Å²) in [6, 6.07) is 0. The number of methoxy groups -OCH3 is 1. The van der Waals surface area contributed by atoms with E-state index in [1.54, 1.807) is 0 Å². The molecule has 0 N–H and O–H groups in total. The van der Waals surface area contributed by atoms with Gasteiger partial charge in [0.15, 0.2) is 0 Å².